The van der Waals surface area contributed by atoms with Gasteiger partial charge in [0.15, 0.2) is 0 Å². The molecule has 1 fully saturated rings. The van der Waals surface area contributed by atoms with Gasteiger partial charge >= 0.3 is 0 Å². The third kappa shape index (κ3) is 2.58. The number of hydrogen-bond donors (Lipinski definition) is 1. The highest BCUT2D eigenvalue weighted by molar-refractivity contribution is 5.38. The summed E-state index contributed by atoms with van der Waals surface area (Å²) < 4.78 is 0. The summed E-state index contributed by atoms with van der Waals surface area (Å²) in [5, 5.41) is 11.4. The van der Waals surface area contributed by atoms with E-state index in [1.165, 1.54) is 17.5 Å². The van der Waals surface area contributed by atoms with Crippen molar-refractivity contribution >= 4 is 0 Å². The van der Waals surface area contributed by atoms with Crippen LogP contribution in [0, 0.1) is 25.2 Å². The zero-order valence-corrected chi connectivity index (χ0v) is 13.1. The van der Waals surface area contributed by atoms with E-state index in [4.69, 9.17) is 0 Å². The maximum absolute atomic E-state index is 11.4. The number of aliphatic hydroxyl groups is 1. The number of rotatable bonds is 1. The van der Waals surface area contributed by atoms with Crippen molar-refractivity contribution in [3.05, 3.63) is 34.9 Å². The van der Waals surface area contributed by atoms with E-state index >= 15 is 0 Å². The van der Waals surface area contributed by atoms with Gasteiger partial charge in [0.1, 0.15) is 0 Å². The Balaban J connectivity index is 2.51. The van der Waals surface area contributed by atoms with E-state index in [1.54, 1.807) is 0 Å². The van der Waals surface area contributed by atoms with Crippen molar-refractivity contribution in [1.29, 1.82) is 0 Å². The third-order valence-electron chi connectivity index (χ3n) is 4.99. The molecule has 106 valence electrons. The van der Waals surface area contributed by atoms with Crippen molar-refractivity contribution in [2.75, 3.05) is 0 Å². The summed E-state index contributed by atoms with van der Waals surface area (Å²) in [6, 6.07) is 6.35. The maximum Gasteiger partial charge on any atom is 0.0932 e. The van der Waals surface area contributed by atoms with Crippen molar-refractivity contribution in [2.45, 2.75) is 65.9 Å². The van der Waals surface area contributed by atoms with Crippen LogP contribution in [0.3, 0.4) is 0 Å². The molecule has 1 aliphatic carbocycles. The quantitative estimate of drug-likeness (QED) is 0.774. The average molecular weight is 260 g/mol. The lowest BCUT2D eigenvalue weighted by atomic mass is 9.61. The molecule has 19 heavy (non-hydrogen) atoms. The van der Waals surface area contributed by atoms with Crippen LogP contribution in [-0.4, -0.2) is 5.11 Å². The van der Waals surface area contributed by atoms with Gasteiger partial charge in [0, 0.05) is 0 Å². The lowest BCUT2D eigenvalue weighted by molar-refractivity contribution is -0.0963. The number of benzene rings is 1. The summed E-state index contributed by atoms with van der Waals surface area (Å²) in [4.78, 5) is 0. The Morgan fingerprint density at radius 2 is 1.84 bits per heavy atom. The summed E-state index contributed by atoms with van der Waals surface area (Å²) >= 11 is 0. The molecule has 2 unspecified atom stereocenters. The minimum atomic E-state index is -0.646. The largest absolute Gasteiger partial charge is 0.385 e. The second-order valence-electron chi connectivity index (χ2n) is 7.34. The molecule has 0 spiro atoms. The third-order valence-corrected chi connectivity index (χ3v) is 4.99. The molecule has 1 aliphatic rings. The van der Waals surface area contributed by atoms with Crippen LogP contribution >= 0.6 is 0 Å². The van der Waals surface area contributed by atoms with Gasteiger partial charge in [0.25, 0.3) is 0 Å². The number of aryl methyl sites for hydroxylation is 1. The second-order valence-corrected chi connectivity index (χ2v) is 7.34. The minimum absolute atomic E-state index is 0.144. The van der Waals surface area contributed by atoms with Crippen molar-refractivity contribution < 1.29 is 5.11 Å². The molecule has 2 atom stereocenters. The van der Waals surface area contributed by atoms with Gasteiger partial charge in [-0.1, -0.05) is 51.8 Å². The second kappa shape index (κ2) is 4.94. The molecule has 0 amide bonds. The molecule has 1 aromatic carbocycles. The van der Waals surface area contributed by atoms with E-state index in [1.807, 2.05) is 0 Å². The van der Waals surface area contributed by atoms with Gasteiger partial charge in [-0.05, 0) is 54.7 Å². The Morgan fingerprint density at radius 1 is 1.16 bits per heavy atom. The topological polar surface area (TPSA) is 20.2 Å². The molecule has 2 rings (SSSR count). The van der Waals surface area contributed by atoms with E-state index in [0.717, 1.165) is 24.8 Å². The summed E-state index contributed by atoms with van der Waals surface area (Å²) in [6.45, 7) is 11.1. The van der Waals surface area contributed by atoms with Crippen molar-refractivity contribution in [3.8, 4) is 0 Å². The fourth-order valence-corrected chi connectivity index (χ4v) is 3.85. The van der Waals surface area contributed by atoms with Crippen LogP contribution in [0.4, 0.5) is 0 Å². The van der Waals surface area contributed by atoms with Crippen LogP contribution in [0.15, 0.2) is 18.2 Å². The molecule has 1 heteroatoms. The van der Waals surface area contributed by atoms with E-state index in [2.05, 4.69) is 52.8 Å². The lowest BCUT2D eigenvalue weighted by Gasteiger charge is -2.47. The van der Waals surface area contributed by atoms with Gasteiger partial charge in [0.2, 0.25) is 0 Å². The number of hydrogen-bond acceptors (Lipinski definition) is 1. The summed E-state index contributed by atoms with van der Waals surface area (Å²) in [5.41, 5.74) is 3.20. The standard InChI is InChI=1S/C18H28O/c1-13-9-8-10-15(14(13)2)18(19)12-7-6-11-16(18)17(3,4)5/h8-10,16,19H,6-7,11-12H2,1-5H3. The van der Waals surface area contributed by atoms with Gasteiger partial charge in [-0.3, -0.25) is 0 Å². The zero-order chi connectivity index (χ0) is 14.3. The van der Waals surface area contributed by atoms with Gasteiger partial charge in [-0.25, -0.2) is 0 Å². The molecule has 1 N–H and O–H groups in total. The summed E-state index contributed by atoms with van der Waals surface area (Å²) in [5.74, 6) is 0.342. The maximum atomic E-state index is 11.4. The van der Waals surface area contributed by atoms with Crippen LogP contribution in [-0.2, 0) is 5.60 Å². The fraction of sp³-hybridized carbons (Fsp3) is 0.667. The Hall–Kier alpha value is -0.820. The van der Waals surface area contributed by atoms with E-state index in [9.17, 15) is 5.11 Å². The predicted octanol–water partition coefficient (Wildman–Crippen LogP) is 4.73. The average Bonchev–Trinajstić information content (AvgIpc) is 2.31. The SMILES string of the molecule is Cc1cccc(C2(O)CCCCC2C(C)(C)C)c1C. The highest BCUT2D eigenvalue weighted by Gasteiger charge is 2.46. The summed E-state index contributed by atoms with van der Waals surface area (Å²) in [6.07, 6.45) is 4.41. The molecular weight excluding hydrogens is 232 g/mol. The first-order valence-electron chi connectivity index (χ1n) is 7.56. The van der Waals surface area contributed by atoms with Crippen LogP contribution in [0.25, 0.3) is 0 Å². The van der Waals surface area contributed by atoms with Crippen molar-refractivity contribution in [1.82, 2.24) is 0 Å². The van der Waals surface area contributed by atoms with E-state index in [0.29, 0.717) is 5.92 Å². The van der Waals surface area contributed by atoms with Crippen LogP contribution in [0.1, 0.15) is 63.1 Å². The van der Waals surface area contributed by atoms with E-state index < -0.39 is 5.60 Å². The molecular formula is C18H28O. The Bertz CT molecular complexity index is 455. The van der Waals surface area contributed by atoms with Gasteiger partial charge in [0.05, 0.1) is 5.60 Å². The lowest BCUT2D eigenvalue weighted by Crippen LogP contribution is -2.45. The minimum Gasteiger partial charge on any atom is -0.385 e. The fourth-order valence-electron chi connectivity index (χ4n) is 3.85. The monoisotopic (exact) mass is 260 g/mol. The molecule has 0 heterocycles. The molecule has 0 saturated heterocycles. The first kappa shape index (κ1) is 14.6. The Kier molecular flexibility index (Phi) is 3.79. The highest BCUT2D eigenvalue weighted by Crippen LogP contribution is 2.50. The summed E-state index contributed by atoms with van der Waals surface area (Å²) in [7, 11) is 0. The zero-order valence-electron chi connectivity index (χ0n) is 13.1. The smallest absolute Gasteiger partial charge is 0.0932 e. The highest BCUT2D eigenvalue weighted by atomic mass is 16.3. The molecule has 1 nitrogen and oxygen atoms in total. The molecule has 1 saturated carbocycles. The molecule has 1 aromatic rings. The van der Waals surface area contributed by atoms with Crippen LogP contribution < -0.4 is 0 Å². The normalized spacial score (nSPS) is 28.4. The molecule has 0 bridgehead atoms. The van der Waals surface area contributed by atoms with E-state index in [-0.39, 0.29) is 5.41 Å². The first-order valence-corrected chi connectivity index (χ1v) is 7.56. The molecule has 0 aliphatic heterocycles. The van der Waals surface area contributed by atoms with Crippen molar-refractivity contribution in [2.24, 2.45) is 11.3 Å². The van der Waals surface area contributed by atoms with Crippen LogP contribution in [0.2, 0.25) is 0 Å². The molecule has 0 aromatic heterocycles. The van der Waals surface area contributed by atoms with Gasteiger partial charge in [-0.15, -0.1) is 0 Å². The van der Waals surface area contributed by atoms with Crippen LogP contribution in [0.5, 0.6) is 0 Å². The first-order chi connectivity index (χ1) is 8.77. The van der Waals surface area contributed by atoms with Crippen molar-refractivity contribution in [3.63, 3.8) is 0 Å². The molecule has 0 radical (unpaired) electrons. The predicted molar refractivity (Wildman–Crippen MR) is 81.2 cm³/mol. The Morgan fingerprint density at radius 3 is 2.47 bits per heavy atom. The van der Waals surface area contributed by atoms with Gasteiger partial charge in [-0.2, -0.15) is 0 Å². The Labute approximate surface area is 118 Å². The van der Waals surface area contributed by atoms with Gasteiger partial charge < -0.3 is 5.11 Å².